The lowest BCUT2D eigenvalue weighted by molar-refractivity contribution is -0.284. The summed E-state index contributed by atoms with van der Waals surface area (Å²) in [6.07, 6.45) is -3.99. The van der Waals surface area contributed by atoms with Crippen molar-refractivity contribution in [3.8, 4) is 5.88 Å². The fourth-order valence-electron chi connectivity index (χ4n) is 1.81. The van der Waals surface area contributed by atoms with Crippen molar-refractivity contribution in [2.75, 3.05) is 6.61 Å². The van der Waals surface area contributed by atoms with E-state index in [2.05, 4.69) is 4.98 Å². The molecule has 2 heterocycles. The molecule has 9 nitrogen and oxygen atoms in total. The molecule has 0 saturated carbocycles. The Hall–Kier alpha value is -1.68. The van der Waals surface area contributed by atoms with Gasteiger partial charge in [-0.3, -0.25) is 4.79 Å². The monoisotopic (exact) mass is 258 g/mol. The van der Waals surface area contributed by atoms with Gasteiger partial charge in [0.1, 0.15) is 24.0 Å². The number of aliphatic hydroxyl groups excluding tert-OH is 3. The van der Waals surface area contributed by atoms with Crippen LogP contribution in [0.2, 0.25) is 0 Å². The molecule has 1 amide bonds. The van der Waals surface area contributed by atoms with E-state index in [0.717, 1.165) is 10.9 Å². The van der Waals surface area contributed by atoms with Crippen molar-refractivity contribution >= 4 is 5.91 Å². The molecular formula is C9H12N3O6-. The van der Waals surface area contributed by atoms with E-state index >= 15 is 0 Å². The third-order valence-corrected chi connectivity index (χ3v) is 2.77. The van der Waals surface area contributed by atoms with Crippen LogP contribution in [0.5, 0.6) is 5.88 Å². The van der Waals surface area contributed by atoms with Crippen LogP contribution in [0.25, 0.3) is 0 Å². The number of rotatable bonds is 3. The number of carbonyl (C=O) groups is 1. The number of imidazole rings is 1. The fourth-order valence-corrected chi connectivity index (χ4v) is 1.81. The lowest BCUT2D eigenvalue weighted by Crippen LogP contribution is -2.33. The normalized spacial score (nSPS) is 31.7. The average Bonchev–Trinajstić information content (AvgIpc) is 2.82. The number of aromatic nitrogens is 2. The summed E-state index contributed by atoms with van der Waals surface area (Å²) in [4.78, 5) is 14.4. The molecule has 0 spiro atoms. The lowest BCUT2D eigenvalue weighted by atomic mass is 10.1. The van der Waals surface area contributed by atoms with Crippen molar-refractivity contribution in [2.45, 2.75) is 24.5 Å². The van der Waals surface area contributed by atoms with Crippen molar-refractivity contribution in [1.82, 2.24) is 9.55 Å². The van der Waals surface area contributed by atoms with E-state index in [1.807, 2.05) is 0 Å². The lowest BCUT2D eigenvalue weighted by Gasteiger charge is -2.21. The molecule has 1 aromatic rings. The fraction of sp³-hybridized carbons (Fsp3) is 0.556. The first-order valence-corrected chi connectivity index (χ1v) is 5.13. The molecule has 1 aliphatic rings. The van der Waals surface area contributed by atoms with E-state index in [-0.39, 0.29) is 0 Å². The van der Waals surface area contributed by atoms with Crippen LogP contribution in [-0.4, -0.2) is 55.7 Å². The van der Waals surface area contributed by atoms with Gasteiger partial charge in [-0.2, -0.15) is 0 Å². The van der Waals surface area contributed by atoms with Gasteiger partial charge in [-0.05, 0) is 5.88 Å². The number of primary amides is 1. The van der Waals surface area contributed by atoms with Gasteiger partial charge in [0.05, 0.1) is 12.9 Å². The van der Waals surface area contributed by atoms with Gasteiger partial charge in [0.25, 0.3) is 5.91 Å². The summed E-state index contributed by atoms with van der Waals surface area (Å²) in [6, 6.07) is 0. The van der Waals surface area contributed by atoms with E-state index in [1.165, 1.54) is 0 Å². The van der Waals surface area contributed by atoms with E-state index < -0.39 is 48.6 Å². The summed E-state index contributed by atoms with van der Waals surface area (Å²) in [5.74, 6) is -1.82. The van der Waals surface area contributed by atoms with Crippen molar-refractivity contribution in [3.05, 3.63) is 12.0 Å². The summed E-state index contributed by atoms with van der Waals surface area (Å²) in [7, 11) is 0. The highest BCUT2D eigenvalue weighted by molar-refractivity contribution is 5.92. The first-order chi connectivity index (χ1) is 8.47. The predicted octanol–water partition coefficient (Wildman–Crippen LogP) is -3.33. The third kappa shape index (κ3) is 1.82. The summed E-state index contributed by atoms with van der Waals surface area (Å²) in [6.45, 7) is -0.514. The average molecular weight is 258 g/mol. The van der Waals surface area contributed by atoms with Gasteiger partial charge in [0, 0.05) is 0 Å². The van der Waals surface area contributed by atoms with Gasteiger partial charge >= 0.3 is 0 Å². The Morgan fingerprint density at radius 2 is 2.22 bits per heavy atom. The minimum Gasteiger partial charge on any atom is -0.858 e. The number of hydrogen-bond donors (Lipinski definition) is 4. The molecule has 5 N–H and O–H groups in total. The molecule has 0 aromatic carbocycles. The Morgan fingerprint density at radius 3 is 2.67 bits per heavy atom. The molecule has 18 heavy (non-hydrogen) atoms. The highest BCUT2D eigenvalue weighted by atomic mass is 16.6. The second kappa shape index (κ2) is 4.53. The maximum absolute atomic E-state index is 11.7. The molecule has 0 aliphatic carbocycles. The van der Waals surface area contributed by atoms with Gasteiger partial charge in [-0.1, -0.05) is 0 Å². The van der Waals surface area contributed by atoms with E-state index in [9.17, 15) is 20.1 Å². The number of ether oxygens (including phenoxy) is 1. The second-order valence-corrected chi connectivity index (χ2v) is 3.90. The first-order valence-electron chi connectivity index (χ1n) is 5.13. The second-order valence-electron chi connectivity index (χ2n) is 3.90. The molecule has 1 aliphatic heterocycles. The van der Waals surface area contributed by atoms with Crippen LogP contribution in [0, 0.1) is 0 Å². The van der Waals surface area contributed by atoms with Crippen LogP contribution in [0.15, 0.2) is 6.33 Å². The Kier molecular flexibility index (Phi) is 3.22. The zero-order valence-corrected chi connectivity index (χ0v) is 9.13. The highest BCUT2D eigenvalue weighted by Gasteiger charge is 2.43. The van der Waals surface area contributed by atoms with Gasteiger partial charge in [-0.15, -0.1) is 0 Å². The van der Waals surface area contributed by atoms with Crippen molar-refractivity contribution in [2.24, 2.45) is 5.73 Å². The molecule has 100 valence electrons. The number of aliphatic hydroxyl groups is 3. The number of carbonyl (C=O) groups excluding carboxylic acids is 1. The minimum absolute atomic E-state index is 0.479. The van der Waals surface area contributed by atoms with Crippen LogP contribution >= 0.6 is 0 Å². The first kappa shape index (κ1) is 12.8. The molecule has 1 saturated heterocycles. The maximum Gasteiger partial charge on any atom is 0.268 e. The predicted molar refractivity (Wildman–Crippen MR) is 53.2 cm³/mol. The smallest absolute Gasteiger partial charge is 0.268 e. The zero-order valence-electron chi connectivity index (χ0n) is 9.13. The van der Waals surface area contributed by atoms with E-state index in [0.29, 0.717) is 0 Å². The summed E-state index contributed by atoms with van der Waals surface area (Å²) >= 11 is 0. The van der Waals surface area contributed by atoms with Gasteiger partial charge < -0.3 is 35.5 Å². The molecule has 1 fully saturated rings. The van der Waals surface area contributed by atoms with Crippen molar-refractivity contribution < 1.29 is 30.0 Å². The van der Waals surface area contributed by atoms with Crippen LogP contribution in [-0.2, 0) is 4.74 Å². The Balaban J connectivity index is 2.30. The largest absolute Gasteiger partial charge is 0.858 e. The van der Waals surface area contributed by atoms with Gasteiger partial charge in [-0.25, -0.2) is 4.98 Å². The summed E-state index contributed by atoms with van der Waals surface area (Å²) in [5, 5.41) is 39.8. The van der Waals surface area contributed by atoms with Crippen LogP contribution in [0.1, 0.15) is 16.7 Å². The SMILES string of the molecule is NC(=O)c1ncn([C@@H]2O[C@H](CO)[C@@H](O)[C@H]2O)c1[O-]. The molecular weight excluding hydrogens is 246 g/mol. The molecule has 4 atom stereocenters. The molecule has 2 rings (SSSR count). The summed E-state index contributed by atoms with van der Waals surface area (Å²) in [5.41, 5.74) is 4.46. The Morgan fingerprint density at radius 1 is 1.56 bits per heavy atom. The quantitative estimate of drug-likeness (QED) is 0.442. The number of amides is 1. The van der Waals surface area contributed by atoms with Crippen LogP contribution < -0.4 is 10.8 Å². The number of nitrogens with two attached hydrogens (primary N) is 1. The third-order valence-electron chi connectivity index (χ3n) is 2.77. The van der Waals surface area contributed by atoms with Crippen LogP contribution in [0.3, 0.4) is 0 Å². The van der Waals surface area contributed by atoms with E-state index in [4.69, 9.17) is 15.6 Å². The van der Waals surface area contributed by atoms with E-state index in [1.54, 1.807) is 0 Å². The van der Waals surface area contributed by atoms with Crippen molar-refractivity contribution in [1.29, 1.82) is 0 Å². The van der Waals surface area contributed by atoms with Gasteiger partial charge in [0.15, 0.2) is 6.23 Å². The van der Waals surface area contributed by atoms with Crippen LogP contribution in [0.4, 0.5) is 0 Å². The maximum atomic E-state index is 11.7. The molecule has 1 aromatic heterocycles. The Bertz CT molecular complexity index is 461. The highest BCUT2D eigenvalue weighted by Crippen LogP contribution is 2.31. The molecule has 0 radical (unpaired) electrons. The molecule has 0 unspecified atom stereocenters. The molecule has 0 bridgehead atoms. The summed E-state index contributed by atoms with van der Waals surface area (Å²) < 4.78 is 5.97. The Labute approximate surface area is 101 Å². The van der Waals surface area contributed by atoms with Gasteiger partial charge in [0.2, 0.25) is 0 Å². The molecule has 9 heteroatoms. The minimum atomic E-state index is -1.41. The zero-order chi connectivity index (χ0) is 13.4. The van der Waals surface area contributed by atoms with Crippen molar-refractivity contribution in [3.63, 3.8) is 0 Å². The number of nitrogens with zero attached hydrogens (tertiary/aromatic N) is 2. The standard InChI is InChI=1S/C9H13N3O6/c10-7(16)4-8(17)12(2-11-4)9-6(15)5(14)3(1-13)18-9/h2-3,5-6,9,13-15,17H,1H2,(H2,10,16)/p-1/t3-,5-,6-,9-/m1/s1. The topological polar surface area (TPSA) is 154 Å². The number of hydrogen-bond acceptors (Lipinski definition) is 7.